The molecule has 0 unspecified atom stereocenters. The number of ether oxygens (including phenoxy) is 1. The molecule has 4 aromatic rings. The highest BCUT2D eigenvalue weighted by atomic mass is 19.1. The molecule has 0 aromatic heterocycles. The Morgan fingerprint density at radius 3 is 2.23 bits per heavy atom. The number of nitrogens with one attached hydrogen (secondary N) is 1. The van der Waals surface area contributed by atoms with E-state index in [1.807, 2.05) is 6.07 Å². The van der Waals surface area contributed by atoms with E-state index in [1.165, 1.54) is 11.0 Å². The van der Waals surface area contributed by atoms with Gasteiger partial charge in [-0.1, -0.05) is 79.6 Å². The Kier molecular flexibility index (Phi) is 10.0. The number of rotatable bonds is 13. The number of carboxylic acids is 1. The highest BCUT2D eigenvalue weighted by Crippen LogP contribution is 2.30. The topological polar surface area (TPSA) is 95.9 Å². The number of amides is 1. The van der Waals surface area contributed by atoms with Crippen LogP contribution in [0.5, 0.6) is 5.75 Å². The summed E-state index contributed by atoms with van der Waals surface area (Å²) in [6, 6.07) is 28.1. The molecule has 5 rings (SSSR count). The predicted molar refractivity (Wildman–Crippen MR) is 168 cm³/mol. The summed E-state index contributed by atoms with van der Waals surface area (Å²) in [5, 5.41) is 13.0. The molecule has 44 heavy (non-hydrogen) atoms. The second kappa shape index (κ2) is 14.5. The molecule has 0 spiro atoms. The predicted octanol–water partition coefficient (Wildman–Crippen LogP) is 6.77. The van der Waals surface area contributed by atoms with Crippen LogP contribution in [0.4, 0.5) is 15.8 Å². The third kappa shape index (κ3) is 7.50. The average molecular weight is 595 g/mol. The first-order chi connectivity index (χ1) is 21.4. The van der Waals surface area contributed by atoms with Crippen molar-refractivity contribution in [1.29, 1.82) is 0 Å². The molecular weight excluding hydrogens is 559 g/mol. The van der Waals surface area contributed by atoms with Gasteiger partial charge in [-0.15, -0.1) is 0 Å². The fraction of sp³-hybridized carbons (Fsp3) is 0.250. The Bertz CT molecular complexity index is 1590. The molecule has 0 heterocycles. The highest BCUT2D eigenvalue weighted by Gasteiger charge is 2.29. The van der Waals surface area contributed by atoms with E-state index in [4.69, 9.17) is 4.74 Å². The molecule has 1 atom stereocenters. The minimum atomic E-state index is -1.05. The van der Waals surface area contributed by atoms with Crippen LogP contribution >= 0.6 is 0 Å². The van der Waals surface area contributed by atoms with Crippen molar-refractivity contribution in [1.82, 2.24) is 0 Å². The minimum Gasteiger partial charge on any atom is -0.492 e. The lowest BCUT2D eigenvalue weighted by Crippen LogP contribution is -2.38. The highest BCUT2D eigenvalue weighted by molar-refractivity contribution is 6.12. The van der Waals surface area contributed by atoms with Crippen LogP contribution in [0.15, 0.2) is 103 Å². The fourth-order valence-electron chi connectivity index (χ4n) is 5.57. The van der Waals surface area contributed by atoms with Gasteiger partial charge in [0, 0.05) is 29.2 Å². The first kappa shape index (κ1) is 30.5. The molecule has 1 aliphatic carbocycles. The van der Waals surface area contributed by atoms with E-state index in [0.29, 0.717) is 22.6 Å². The maximum absolute atomic E-state index is 14.6. The molecule has 2 N–H and O–H groups in total. The molecule has 0 bridgehead atoms. The first-order valence-corrected chi connectivity index (χ1v) is 14.9. The summed E-state index contributed by atoms with van der Waals surface area (Å²) >= 11 is 0. The van der Waals surface area contributed by atoms with Gasteiger partial charge in [0.15, 0.2) is 5.78 Å². The zero-order valence-electron chi connectivity index (χ0n) is 24.3. The molecule has 8 heteroatoms. The number of halogens is 1. The SMILES string of the molecule is O=C(c1ccccc1)c1ccccc1N[C@@H](Cc1ccc(OCCN(C(=O)C2CCCC2)c2ccccc2F)cc1)C(=O)O. The lowest BCUT2D eigenvalue weighted by Gasteiger charge is -2.26. The van der Waals surface area contributed by atoms with Crippen LogP contribution in [-0.2, 0) is 16.0 Å². The van der Waals surface area contributed by atoms with Crippen molar-refractivity contribution in [2.45, 2.75) is 38.1 Å². The van der Waals surface area contributed by atoms with E-state index >= 15 is 0 Å². The van der Waals surface area contributed by atoms with Gasteiger partial charge in [-0.05, 0) is 54.8 Å². The van der Waals surface area contributed by atoms with Crippen molar-refractivity contribution < 1.29 is 28.6 Å². The second-order valence-corrected chi connectivity index (χ2v) is 10.9. The molecule has 1 fully saturated rings. The summed E-state index contributed by atoms with van der Waals surface area (Å²) in [7, 11) is 0. The number of benzene rings is 4. The Morgan fingerprint density at radius 2 is 1.52 bits per heavy atom. The van der Waals surface area contributed by atoms with Crippen molar-refractivity contribution in [2.75, 3.05) is 23.4 Å². The van der Waals surface area contributed by atoms with Crippen LogP contribution in [0, 0.1) is 11.7 Å². The standard InChI is InChI=1S/C36H35FN2O5/c37-30-15-7-9-17-33(30)39(35(41)27-12-4-5-13-27)22-23-44-28-20-18-25(19-21-28)24-32(36(42)43)38-31-16-8-6-14-29(31)34(40)26-10-2-1-3-11-26/h1-3,6-11,14-21,27,32,38H,4-5,12-13,22-24H2,(H,42,43)/t32-/m0/s1. The smallest absolute Gasteiger partial charge is 0.326 e. The molecule has 226 valence electrons. The van der Waals surface area contributed by atoms with Gasteiger partial charge in [0.25, 0.3) is 0 Å². The van der Waals surface area contributed by atoms with Gasteiger partial charge in [0.2, 0.25) is 5.91 Å². The molecule has 0 saturated heterocycles. The fourth-order valence-corrected chi connectivity index (χ4v) is 5.57. The average Bonchev–Trinajstić information content (AvgIpc) is 3.59. The van der Waals surface area contributed by atoms with Crippen LogP contribution < -0.4 is 15.0 Å². The molecule has 0 aliphatic heterocycles. The van der Waals surface area contributed by atoms with Gasteiger partial charge < -0.3 is 20.1 Å². The maximum atomic E-state index is 14.6. The van der Waals surface area contributed by atoms with Gasteiger partial charge in [-0.25, -0.2) is 9.18 Å². The minimum absolute atomic E-state index is 0.0780. The third-order valence-corrected chi connectivity index (χ3v) is 7.90. The van der Waals surface area contributed by atoms with Crippen LogP contribution in [-0.4, -0.2) is 42.0 Å². The maximum Gasteiger partial charge on any atom is 0.326 e. The largest absolute Gasteiger partial charge is 0.492 e. The number of nitrogens with zero attached hydrogens (tertiary/aromatic N) is 1. The number of carboxylic acid groups (broad SMARTS) is 1. The first-order valence-electron chi connectivity index (χ1n) is 14.9. The van der Waals surface area contributed by atoms with Crippen LogP contribution in [0.25, 0.3) is 0 Å². The summed E-state index contributed by atoms with van der Waals surface area (Å²) in [6.07, 6.45) is 3.79. The van der Waals surface area contributed by atoms with Gasteiger partial charge in [0.1, 0.15) is 24.2 Å². The number of anilines is 2. The number of carbonyl (C=O) groups is 3. The van der Waals surface area contributed by atoms with E-state index in [0.717, 1.165) is 31.2 Å². The molecular formula is C36H35FN2O5. The number of carbonyl (C=O) groups excluding carboxylic acids is 2. The number of hydrogen-bond donors (Lipinski definition) is 2. The van der Waals surface area contributed by atoms with Crippen LogP contribution in [0.1, 0.15) is 47.2 Å². The third-order valence-electron chi connectivity index (χ3n) is 7.90. The molecule has 1 amide bonds. The van der Waals surface area contributed by atoms with Crippen molar-refractivity contribution in [3.05, 3.63) is 126 Å². The van der Waals surface area contributed by atoms with E-state index in [2.05, 4.69) is 5.32 Å². The number of aliphatic carboxylic acids is 1. The molecule has 0 radical (unpaired) electrons. The Hall–Kier alpha value is -4.98. The van der Waals surface area contributed by atoms with E-state index in [1.54, 1.807) is 91.0 Å². The van der Waals surface area contributed by atoms with Crippen molar-refractivity contribution >= 4 is 29.0 Å². The normalized spacial score (nSPS) is 13.7. The Labute approximate surface area is 256 Å². The Morgan fingerprint density at radius 1 is 0.864 bits per heavy atom. The summed E-state index contributed by atoms with van der Waals surface area (Å²) in [4.78, 5) is 40.0. The Balaban J connectivity index is 1.22. The van der Waals surface area contributed by atoms with Gasteiger partial charge in [0.05, 0.1) is 12.2 Å². The zero-order valence-corrected chi connectivity index (χ0v) is 24.3. The van der Waals surface area contributed by atoms with E-state index in [9.17, 15) is 23.9 Å². The quantitative estimate of drug-likeness (QED) is 0.166. The number of para-hydroxylation sites is 2. The summed E-state index contributed by atoms with van der Waals surface area (Å²) in [5.41, 5.74) is 2.37. The van der Waals surface area contributed by atoms with Crippen molar-refractivity contribution in [2.24, 2.45) is 5.92 Å². The van der Waals surface area contributed by atoms with Crippen LogP contribution in [0.3, 0.4) is 0 Å². The lowest BCUT2D eigenvalue weighted by molar-refractivity contribution is -0.137. The second-order valence-electron chi connectivity index (χ2n) is 10.9. The number of hydrogen-bond acceptors (Lipinski definition) is 5. The summed E-state index contributed by atoms with van der Waals surface area (Å²) < 4.78 is 20.5. The van der Waals surface area contributed by atoms with Gasteiger partial charge in [-0.3, -0.25) is 9.59 Å². The monoisotopic (exact) mass is 594 g/mol. The summed E-state index contributed by atoms with van der Waals surface area (Å²) in [6.45, 7) is 0.363. The van der Waals surface area contributed by atoms with Crippen molar-refractivity contribution in [3.8, 4) is 5.75 Å². The van der Waals surface area contributed by atoms with Gasteiger partial charge in [-0.2, -0.15) is 0 Å². The van der Waals surface area contributed by atoms with E-state index in [-0.39, 0.29) is 42.9 Å². The molecule has 1 saturated carbocycles. The van der Waals surface area contributed by atoms with E-state index < -0.39 is 17.8 Å². The zero-order chi connectivity index (χ0) is 30.9. The van der Waals surface area contributed by atoms with Gasteiger partial charge >= 0.3 is 5.97 Å². The molecule has 4 aromatic carbocycles. The molecule has 1 aliphatic rings. The van der Waals surface area contributed by atoms with Crippen LogP contribution in [0.2, 0.25) is 0 Å². The van der Waals surface area contributed by atoms with Crippen molar-refractivity contribution in [3.63, 3.8) is 0 Å². The summed E-state index contributed by atoms with van der Waals surface area (Å²) in [5.74, 6) is -1.32. The molecule has 7 nitrogen and oxygen atoms in total. The number of ketones is 1. The lowest BCUT2D eigenvalue weighted by atomic mass is 10.00.